The summed E-state index contributed by atoms with van der Waals surface area (Å²) in [5, 5.41) is 17.5. The van der Waals surface area contributed by atoms with Gasteiger partial charge in [-0.15, -0.1) is 0 Å². The maximum absolute atomic E-state index is 10.6. The highest BCUT2D eigenvalue weighted by molar-refractivity contribution is 5.66. The molecule has 2 N–H and O–H groups in total. The van der Waals surface area contributed by atoms with E-state index in [0.29, 0.717) is 23.7 Å². The molecule has 0 aromatic rings. The molecule has 0 atom stereocenters. The summed E-state index contributed by atoms with van der Waals surface area (Å²) >= 11 is 0. The van der Waals surface area contributed by atoms with Gasteiger partial charge in [0.05, 0.1) is 0 Å². The summed E-state index contributed by atoms with van der Waals surface area (Å²) in [5.41, 5.74) is 1.15. The third-order valence-corrected chi connectivity index (χ3v) is 10.5. The number of carbonyl (C=O) groups is 2. The summed E-state index contributed by atoms with van der Waals surface area (Å²) in [7, 11) is 0. The maximum atomic E-state index is 10.6. The zero-order valence-electron chi connectivity index (χ0n) is 19.9. The van der Waals surface area contributed by atoms with Crippen LogP contribution in [0.15, 0.2) is 0 Å². The van der Waals surface area contributed by atoms with Gasteiger partial charge in [-0.25, -0.2) is 0 Å². The molecule has 8 rings (SSSR count). The van der Waals surface area contributed by atoms with Crippen LogP contribution in [-0.2, 0) is 9.59 Å². The minimum absolute atomic E-state index is 0.377. The molecule has 180 valence electrons. The second-order valence-electron chi connectivity index (χ2n) is 13.3. The summed E-state index contributed by atoms with van der Waals surface area (Å²) in [6, 6.07) is 0. The molecule has 0 heterocycles. The Hall–Kier alpha value is -1.06. The van der Waals surface area contributed by atoms with E-state index in [0.717, 1.165) is 48.3 Å². The third kappa shape index (κ3) is 5.04. The molecule has 0 amide bonds. The van der Waals surface area contributed by atoms with Gasteiger partial charge in [0.25, 0.3) is 0 Å². The van der Waals surface area contributed by atoms with Crippen LogP contribution in [0.5, 0.6) is 0 Å². The fraction of sp³-hybridized carbons (Fsp3) is 0.929. The van der Waals surface area contributed by atoms with Gasteiger partial charge in [0, 0.05) is 12.8 Å². The second kappa shape index (κ2) is 8.95. The van der Waals surface area contributed by atoms with Crippen molar-refractivity contribution in [1.29, 1.82) is 0 Å². The van der Waals surface area contributed by atoms with Crippen molar-refractivity contribution >= 4 is 11.9 Å². The molecule has 0 aliphatic heterocycles. The van der Waals surface area contributed by atoms with Crippen LogP contribution in [0.2, 0.25) is 0 Å². The molecule has 4 nitrogen and oxygen atoms in total. The third-order valence-electron chi connectivity index (χ3n) is 10.5. The molecule has 4 heteroatoms. The lowest BCUT2D eigenvalue weighted by molar-refractivity contribution is -0.138. The van der Waals surface area contributed by atoms with Crippen LogP contribution < -0.4 is 0 Å². The Kier molecular flexibility index (Phi) is 6.35. The van der Waals surface area contributed by atoms with Gasteiger partial charge in [0.2, 0.25) is 0 Å². The molecule has 0 radical (unpaired) electrons. The molecule has 0 aromatic carbocycles. The molecule has 8 aliphatic rings. The lowest BCUT2D eigenvalue weighted by Gasteiger charge is -2.57. The van der Waals surface area contributed by atoms with Gasteiger partial charge in [-0.05, 0) is 149 Å². The Morgan fingerprint density at radius 3 is 1.00 bits per heavy atom. The van der Waals surface area contributed by atoms with E-state index in [2.05, 4.69) is 0 Å². The first-order chi connectivity index (χ1) is 15.3. The first kappa shape index (κ1) is 22.7. The topological polar surface area (TPSA) is 74.6 Å². The lowest BCUT2D eigenvalue weighted by Crippen LogP contribution is -2.45. The average Bonchev–Trinajstić information content (AvgIpc) is 2.65. The second-order valence-corrected chi connectivity index (χ2v) is 13.3. The first-order valence-corrected chi connectivity index (χ1v) is 13.7. The number of hydrogen-bond donors (Lipinski definition) is 2. The van der Waals surface area contributed by atoms with Crippen molar-refractivity contribution in [3.8, 4) is 0 Å². The molecule has 8 aliphatic carbocycles. The van der Waals surface area contributed by atoms with Crippen LogP contribution in [0.1, 0.15) is 116 Å². The monoisotopic (exact) mass is 444 g/mol. The van der Waals surface area contributed by atoms with Gasteiger partial charge in [0.1, 0.15) is 0 Å². The summed E-state index contributed by atoms with van der Waals surface area (Å²) in [5.74, 6) is 4.74. The van der Waals surface area contributed by atoms with Crippen molar-refractivity contribution in [2.24, 2.45) is 46.3 Å². The molecule has 8 saturated carbocycles. The maximum Gasteiger partial charge on any atom is 0.303 e. The zero-order valence-corrected chi connectivity index (χ0v) is 19.9. The number of rotatable bonds is 8. The Balaban J connectivity index is 0.000000135. The smallest absolute Gasteiger partial charge is 0.303 e. The summed E-state index contributed by atoms with van der Waals surface area (Å²) in [4.78, 5) is 21.2. The molecule has 8 fully saturated rings. The lowest BCUT2D eigenvalue weighted by atomic mass is 9.48. The minimum Gasteiger partial charge on any atom is -0.481 e. The fourth-order valence-electron chi connectivity index (χ4n) is 10.4. The SMILES string of the molecule is O=C(O)CCCC12CC3CC(CC(C3)C1)C2.O=C(O)CCCC12CC3CC(CC(C3)C1)C2. The van der Waals surface area contributed by atoms with Crippen LogP contribution in [0.25, 0.3) is 0 Å². The Morgan fingerprint density at radius 1 is 0.531 bits per heavy atom. The molecule has 0 unspecified atom stereocenters. The predicted octanol–water partition coefficient (Wildman–Crippen LogP) is 6.92. The van der Waals surface area contributed by atoms with Gasteiger partial charge in [-0.2, -0.15) is 0 Å². The van der Waals surface area contributed by atoms with Gasteiger partial charge >= 0.3 is 11.9 Å². The number of carboxylic acids is 2. The van der Waals surface area contributed by atoms with Crippen LogP contribution in [-0.4, -0.2) is 22.2 Å². The van der Waals surface area contributed by atoms with E-state index in [4.69, 9.17) is 10.2 Å². The van der Waals surface area contributed by atoms with E-state index in [1.54, 1.807) is 0 Å². The Bertz CT molecular complexity index is 580. The fourth-order valence-corrected chi connectivity index (χ4v) is 10.4. The van der Waals surface area contributed by atoms with E-state index in [1.165, 1.54) is 89.9 Å². The molecular formula is C28H44O4. The quantitative estimate of drug-likeness (QED) is 0.426. The van der Waals surface area contributed by atoms with Crippen LogP contribution >= 0.6 is 0 Å². The number of carboxylic acid groups (broad SMARTS) is 2. The highest BCUT2D eigenvalue weighted by atomic mass is 16.4. The average molecular weight is 445 g/mol. The van der Waals surface area contributed by atoms with E-state index in [-0.39, 0.29) is 0 Å². The van der Waals surface area contributed by atoms with E-state index < -0.39 is 11.9 Å². The largest absolute Gasteiger partial charge is 0.481 e. The molecule has 0 saturated heterocycles. The van der Waals surface area contributed by atoms with E-state index in [9.17, 15) is 9.59 Å². The first-order valence-electron chi connectivity index (χ1n) is 13.7. The molecule has 32 heavy (non-hydrogen) atoms. The van der Waals surface area contributed by atoms with Gasteiger partial charge < -0.3 is 10.2 Å². The minimum atomic E-state index is -0.621. The van der Waals surface area contributed by atoms with Crippen LogP contribution in [0.4, 0.5) is 0 Å². The Labute approximate surface area is 193 Å². The predicted molar refractivity (Wildman–Crippen MR) is 124 cm³/mol. The Morgan fingerprint density at radius 2 is 0.781 bits per heavy atom. The van der Waals surface area contributed by atoms with Crippen molar-refractivity contribution in [2.75, 3.05) is 0 Å². The molecule has 0 spiro atoms. The van der Waals surface area contributed by atoms with Crippen LogP contribution in [0.3, 0.4) is 0 Å². The van der Waals surface area contributed by atoms with E-state index in [1.807, 2.05) is 0 Å². The van der Waals surface area contributed by atoms with Crippen molar-refractivity contribution < 1.29 is 19.8 Å². The van der Waals surface area contributed by atoms with Crippen molar-refractivity contribution in [3.05, 3.63) is 0 Å². The van der Waals surface area contributed by atoms with Crippen molar-refractivity contribution in [1.82, 2.24) is 0 Å². The standard InChI is InChI=1S/2C14H22O2/c2*15-13(16)2-1-3-14-7-10-4-11(8-14)6-12(5-10)9-14/h2*10-12H,1-9H2,(H,15,16). The van der Waals surface area contributed by atoms with Gasteiger partial charge in [-0.3, -0.25) is 9.59 Å². The molecule has 0 aromatic heterocycles. The highest BCUT2D eigenvalue weighted by Crippen LogP contribution is 2.62. The number of hydrogen-bond acceptors (Lipinski definition) is 2. The van der Waals surface area contributed by atoms with Crippen molar-refractivity contribution in [3.63, 3.8) is 0 Å². The number of aliphatic carboxylic acids is 2. The molecular weight excluding hydrogens is 400 g/mol. The van der Waals surface area contributed by atoms with Crippen LogP contribution in [0, 0.1) is 46.3 Å². The highest BCUT2D eigenvalue weighted by Gasteiger charge is 2.51. The zero-order chi connectivity index (χ0) is 22.3. The summed E-state index contributed by atoms with van der Waals surface area (Å²) < 4.78 is 0. The summed E-state index contributed by atoms with van der Waals surface area (Å²) in [6.07, 6.45) is 22.3. The van der Waals surface area contributed by atoms with Crippen molar-refractivity contribution in [2.45, 2.75) is 116 Å². The van der Waals surface area contributed by atoms with E-state index >= 15 is 0 Å². The van der Waals surface area contributed by atoms with Gasteiger partial charge in [-0.1, -0.05) is 0 Å². The molecule has 8 bridgehead atoms. The van der Waals surface area contributed by atoms with Gasteiger partial charge in [0.15, 0.2) is 0 Å². The summed E-state index contributed by atoms with van der Waals surface area (Å²) in [6.45, 7) is 0. The normalized spacial score (nSPS) is 44.9.